The van der Waals surface area contributed by atoms with Gasteiger partial charge in [-0.3, -0.25) is 4.98 Å². The summed E-state index contributed by atoms with van der Waals surface area (Å²) in [6, 6.07) is 71.9. The van der Waals surface area contributed by atoms with Crippen LogP contribution in [0.2, 0.25) is 0 Å². The molecular formula is C58H35N3O. The average molecular weight is 790 g/mol. The van der Waals surface area contributed by atoms with E-state index in [4.69, 9.17) is 14.4 Å². The van der Waals surface area contributed by atoms with E-state index in [9.17, 15) is 0 Å². The predicted octanol–water partition coefficient (Wildman–Crippen LogP) is 14.4. The Bertz CT molecular complexity index is 3570. The van der Waals surface area contributed by atoms with E-state index in [1.807, 2.05) is 18.3 Å². The highest BCUT2D eigenvalue weighted by molar-refractivity contribution is 6.16. The lowest BCUT2D eigenvalue weighted by molar-refractivity contribution is 0.668. The Morgan fingerprint density at radius 2 is 0.968 bits per heavy atom. The van der Waals surface area contributed by atoms with Gasteiger partial charge in [-0.05, 0) is 97.1 Å². The third kappa shape index (κ3) is 4.98. The van der Waals surface area contributed by atoms with Crippen LogP contribution in [0.4, 0.5) is 0 Å². The largest absolute Gasteiger partial charge is 0.456 e. The van der Waals surface area contributed by atoms with Gasteiger partial charge in [0, 0.05) is 39.9 Å². The van der Waals surface area contributed by atoms with Gasteiger partial charge in [0.2, 0.25) is 0 Å². The fourth-order valence-corrected chi connectivity index (χ4v) is 10.4. The first-order valence-corrected chi connectivity index (χ1v) is 21.1. The molecule has 0 amide bonds. The van der Waals surface area contributed by atoms with Gasteiger partial charge in [-0.2, -0.15) is 0 Å². The zero-order valence-corrected chi connectivity index (χ0v) is 33.5. The molecule has 2 aliphatic carbocycles. The molecule has 8 aromatic carbocycles. The normalized spacial score (nSPS) is 14.5. The first-order chi connectivity index (χ1) is 30.7. The molecule has 0 bridgehead atoms. The minimum Gasteiger partial charge on any atom is -0.456 e. The second-order valence-corrected chi connectivity index (χ2v) is 16.3. The van der Waals surface area contributed by atoms with E-state index in [0.717, 1.165) is 61.1 Å². The molecule has 4 nitrogen and oxygen atoms in total. The van der Waals surface area contributed by atoms with Crippen LogP contribution in [0.15, 0.2) is 217 Å². The van der Waals surface area contributed by atoms with E-state index in [-0.39, 0.29) is 0 Å². The van der Waals surface area contributed by atoms with Crippen molar-refractivity contribution in [3.63, 3.8) is 0 Å². The van der Waals surface area contributed by atoms with E-state index in [1.165, 1.54) is 55.6 Å². The number of fused-ring (bicyclic) bond motifs is 16. The molecule has 288 valence electrons. The van der Waals surface area contributed by atoms with Gasteiger partial charge in [0.1, 0.15) is 11.2 Å². The van der Waals surface area contributed by atoms with Crippen molar-refractivity contribution < 1.29 is 4.42 Å². The van der Waals surface area contributed by atoms with Crippen LogP contribution in [0, 0.1) is 0 Å². The molecule has 0 saturated heterocycles. The highest BCUT2D eigenvalue weighted by Gasteiger charge is 2.50. The maximum absolute atomic E-state index is 6.56. The zero-order chi connectivity index (χ0) is 40.8. The lowest BCUT2D eigenvalue weighted by atomic mass is 9.65. The number of benzene rings is 8. The number of aromatic nitrogens is 3. The monoisotopic (exact) mass is 789 g/mol. The van der Waals surface area contributed by atoms with Gasteiger partial charge in [-0.15, -0.1) is 0 Å². The highest BCUT2D eigenvalue weighted by atomic mass is 16.3. The molecule has 0 fully saturated rings. The number of nitrogens with zero attached hydrogens (tertiary/aromatic N) is 3. The van der Waals surface area contributed by atoms with Crippen molar-refractivity contribution in [3.8, 4) is 78.4 Å². The second kappa shape index (κ2) is 13.4. The van der Waals surface area contributed by atoms with Crippen LogP contribution in [0.25, 0.3) is 100 Å². The molecular weight excluding hydrogens is 755 g/mol. The summed E-state index contributed by atoms with van der Waals surface area (Å²) in [7, 11) is 0. The van der Waals surface area contributed by atoms with Gasteiger partial charge in [0.05, 0.1) is 16.8 Å². The summed E-state index contributed by atoms with van der Waals surface area (Å²) in [5.74, 6) is 0.671. The van der Waals surface area contributed by atoms with Gasteiger partial charge in [0.25, 0.3) is 0 Å². The lowest BCUT2D eigenvalue weighted by Gasteiger charge is -2.35. The Kier molecular flexibility index (Phi) is 7.49. The number of pyridine rings is 1. The van der Waals surface area contributed by atoms with Gasteiger partial charge in [0.15, 0.2) is 5.82 Å². The number of hydrogen-bond donors (Lipinski definition) is 0. The summed E-state index contributed by atoms with van der Waals surface area (Å²) in [5, 5.41) is 2.27. The Morgan fingerprint density at radius 3 is 1.73 bits per heavy atom. The molecule has 1 unspecified atom stereocenters. The molecule has 62 heavy (non-hydrogen) atoms. The molecule has 13 rings (SSSR count). The second-order valence-electron chi connectivity index (χ2n) is 16.3. The van der Waals surface area contributed by atoms with E-state index in [2.05, 4.69) is 193 Å². The minimum absolute atomic E-state index is 0.671. The Labute approximate surface area is 358 Å². The maximum Gasteiger partial charge on any atom is 0.160 e. The van der Waals surface area contributed by atoms with E-state index in [1.54, 1.807) is 6.20 Å². The van der Waals surface area contributed by atoms with Gasteiger partial charge >= 0.3 is 0 Å². The molecule has 0 saturated carbocycles. The third-order valence-electron chi connectivity index (χ3n) is 13.0. The summed E-state index contributed by atoms with van der Waals surface area (Å²) in [5.41, 5.74) is 20.2. The number of para-hydroxylation sites is 1. The molecule has 0 radical (unpaired) electrons. The number of hydrogen-bond acceptors (Lipinski definition) is 4. The van der Waals surface area contributed by atoms with Crippen LogP contribution in [-0.4, -0.2) is 15.0 Å². The zero-order valence-electron chi connectivity index (χ0n) is 33.5. The standard InChI is InChI=1S/C58H35N3O/c1-2-13-37(14-3-1)51-34-52(38-26-24-36(25-27-38)40-15-12-32-59-35-40)61-57(60-51)39-28-29-44-42-17-5-4-16-41(42)43-18-6-9-21-47(43)58(50(44)33-39)48-22-10-7-19-45(48)55-49(58)30-31-54-56(55)46-20-8-11-23-53(46)62-54/h1-35H. The van der Waals surface area contributed by atoms with Crippen molar-refractivity contribution in [2.75, 3.05) is 0 Å². The minimum atomic E-state index is -0.693. The van der Waals surface area contributed by atoms with Crippen LogP contribution in [-0.2, 0) is 5.41 Å². The molecule has 2 aliphatic rings. The first kappa shape index (κ1) is 34.6. The van der Waals surface area contributed by atoms with Crippen molar-refractivity contribution in [2.45, 2.75) is 5.41 Å². The molecule has 4 heteroatoms. The highest BCUT2D eigenvalue weighted by Crippen LogP contribution is 2.63. The quantitative estimate of drug-likeness (QED) is 0.178. The van der Waals surface area contributed by atoms with Crippen LogP contribution in [0.1, 0.15) is 22.3 Å². The van der Waals surface area contributed by atoms with Crippen molar-refractivity contribution >= 4 is 21.9 Å². The third-order valence-corrected chi connectivity index (χ3v) is 13.0. The van der Waals surface area contributed by atoms with Crippen molar-refractivity contribution in [1.82, 2.24) is 15.0 Å². The molecule has 0 N–H and O–H groups in total. The first-order valence-electron chi connectivity index (χ1n) is 21.1. The summed E-state index contributed by atoms with van der Waals surface area (Å²) >= 11 is 0. The lowest BCUT2D eigenvalue weighted by Crippen LogP contribution is -2.29. The molecule has 3 aromatic heterocycles. The van der Waals surface area contributed by atoms with Crippen LogP contribution in [0.5, 0.6) is 0 Å². The van der Waals surface area contributed by atoms with Gasteiger partial charge in [-0.1, -0.05) is 170 Å². The Hall–Kier alpha value is -8.21. The number of rotatable bonds is 4. The van der Waals surface area contributed by atoms with Crippen molar-refractivity contribution in [1.29, 1.82) is 0 Å². The SMILES string of the molecule is c1ccc(-c2cc(-c3ccc(-c4cccnc4)cc3)nc(-c3ccc4c(c3)C3(c5ccccc5-c5ccccc5-4)c4ccccc4-c4c3ccc3oc5ccccc5c43)n2)cc1. The summed E-state index contributed by atoms with van der Waals surface area (Å²) in [6.45, 7) is 0. The fraction of sp³-hybridized carbons (Fsp3) is 0.0172. The summed E-state index contributed by atoms with van der Waals surface area (Å²) in [4.78, 5) is 15.1. The summed E-state index contributed by atoms with van der Waals surface area (Å²) < 4.78 is 6.56. The topological polar surface area (TPSA) is 51.8 Å². The van der Waals surface area contributed by atoms with Crippen molar-refractivity contribution in [2.24, 2.45) is 0 Å². The van der Waals surface area contributed by atoms with Crippen molar-refractivity contribution in [3.05, 3.63) is 235 Å². The maximum atomic E-state index is 6.56. The van der Waals surface area contributed by atoms with Crippen LogP contribution < -0.4 is 0 Å². The Balaban J connectivity index is 1.11. The van der Waals surface area contributed by atoms with Gasteiger partial charge in [-0.25, -0.2) is 9.97 Å². The van der Waals surface area contributed by atoms with Gasteiger partial charge < -0.3 is 4.42 Å². The Morgan fingerprint density at radius 1 is 0.371 bits per heavy atom. The molecule has 1 spiro atoms. The van der Waals surface area contributed by atoms with Crippen LogP contribution in [0.3, 0.4) is 0 Å². The van der Waals surface area contributed by atoms with E-state index >= 15 is 0 Å². The summed E-state index contributed by atoms with van der Waals surface area (Å²) in [6.07, 6.45) is 3.70. The van der Waals surface area contributed by atoms with E-state index in [0.29, 0.717) is 5.82 Å². The molecule has 0 aliphatic heterocycles. The molecule has 1 atom stereocenters. The molecule has 3 heterocycles. The predicted molar refractivity (Wildman–Crippen MR) is 251 cm³/mol. The molecule has 11 aromatic rings. The van der Waals surface area contributed by atoms with Crippen LogP contribution >= 0.6 is 0 Å². The average Bonchev–Trinajstić information content (AvgIpc) is 3.85. The smallest absolute Gasteiger partial charge is 0.160 e. The number of furan rings is 1. The van der Waals surface area contributed by atoms with E-state index < -0.39 is 5.41 Å². The fourth-order valence-electron chi connectivity index (χ4n) is 10.4.